The Hall–Kier alpha value is -2.88. The highest BCUT2D eigenvalue weighted by molar-refractivity contribution is 9.10. The van der Waals surface area contributed by atoms with Gasteiger partial charge in [0.05, 0.1) is 10.6 Å². The fourth-order valence-corrected chi connectivity index (χ4v) is 5.71. The third kappa shape index (κ3) is 7.82. The van der Waals surface area contributed by atoms with E-state index in [-0.39, 0.29) is 23.3 Å². The lowest BCUT2D eigenvalue weighted by Crippen LogP contribution is -2.51. The first-order valence-corrected chi connectivity index (χ1v) is 14.7. The smallest absolute Gasteiger partial charge is 0.264 e. The van der Waals surface area contributed by atoms with Gasteiger partial charge in [-0.05, 0) is 66.9 Å². The standard InChI is InChI=1S/C28H31BrClN3O4S/c1-20(2)17-31-28(35)21(3)32(18-22-8-7-9-23(29)16-22)27(34)19-33(25-10-5-4-6-11-25)38(36,37)26-14-12-24(30)13-15-26/h4-16,20-21H,17-19H2,1-3H3,(H,31,35). The number of hydrogen-bond acceptors (Lipinski definition) is 4. The molecule has 1 unspecified atom stereocenters. The van der Waals surface area contributed by atoms with Crippen LogP contribution < -0.4 is 9.62 Å². The van der Waals surface area contributed by atoms with Crippen LogP contribution in [0.3, 0.4) is 0 Å². The largest absolute Gasteiger partial charge is 0.354 e. The van der Waals surface area contributed by atoms with Crippen molar-refractivity contribution in [3.8, 4) is 0 Å². The Labute approximate surface area is 238 Å². The number of rotatable bonds is 11. The summed E-state index contributed by atoms with van der Waals surface area (Å²) in [5.41, 5.74) is 1.12. The summed E-state index contributed by atoms with van der Waals surface area (Å²) in [6.45, 7) is 5.70. The summed E-state index contributed by atoms with van der Waals surface area (Å²) in [5, 5.41) is 3.27. The van der Waals surface area contributed by atoms with Crippen molar-refractivity contribution >= 4 is 55.1 Å². The lowest BCUT2D eigenvalue weighted by Gasteiger charge is -2.32. The first-order valence-electron chi connectivity index (χ1n) is 12.1. The minimum Gasteiger partial charge on any atom is -0.354 e. The van der Waals surface area contributed by atoms with Gasteiger partial charge in [-0.2, -0.15) is 0 Å². The normalized spacial score (nSPS) is 12.2. The quantitative estimate of drug-likeness (QED) is 0.307. The molecule has 1 atom stereocenters. The number of halogens is 2. The van der Waals surface area contributed by atoms with Gasteiger partial charge in [0.1, 0.15) is 12.6 Å². The van der Waals surface area contributed by atoms with E-state index in [1.165, 1.54) is 29.2 Å². The zero-order valence-electron chi connectivity index (χ0n) is 21.5. The molecule has 0 heterocycles. The van der Waals surface area contributed by atoms with Crippen LogP contribution in [0.2, 0.25) is 5.02 Å². The van der Waals surface area contributed by atoms with Crippen LogP contribution in [0, 0.1) is 5.92 Å². The number of benzene rings is 3. The van der Waals surface area contributed by atoms with Crippen LogP contribution in [0.25, 0.3) is 0 Å². The Balaban J connectivity index is 1.98. The van der Waals surface area contributed by atoms with Gasteiger partial charge in [0.25, 0.3) is 10.0 Å². The van der Waals surface area contributed by atoms with E-state index >= 15 is 0 Å². The second kappa shape index (κ2) is 13.3. The minimum absolute atomic E-state index is 0.000169. The van der Waals surface area contributed by atoms with Crippen LogP contribution >= 0.6 is 27.5 Å². The number of nitrogens with zero attached hydrogens (tertiary/aromatic N) is 2. The minimum atomic E-state index is -4.13. The molecule has 0 aromatic heterocycles. The van der Waals surface area contributed by atoms with Crippen LogP contribution in [0.5, 0.6) is 0 Å². The molecule has 0 aliphatic heterocycles. The lowest BCUT2D eigenvalue weighted by molar-refractivity contribution is -0.139. The lowest BCUT2D eigenvalue weighted by atomic mass is 10.1. The third-order valence-electron chi connectivity index (χ3n) is 5.82. The summed E-state index contributed by atoms with van der Waals surface area (Å²) >= 11 is 9.42. The predicted octanol–water partition coefficient (Wildman–Crippen LogP) is 5.49. The van der Waals surface area contributed by atoms with Gasteiger partial charge >= 0.3 is 0 Å². The highest BCUT2D eigenvalue weighted by Crippen LogP contribution is 2.25. The summed E-state index contributed by atoms with van der Waals surface area (Å²) in [4.78, 5) is 28.2. The molecule has 2 amide bonds. The van der Waals surface area contributed by atoms with Crippen molar-refractivity contribution < 1.29 is 18.0 Å². The average Bonchev–Trinajstić information content (AvgIpc) is 2.89. The topological polar surface area (TPSA) is 86.8 Å². The predicted molar refractivity (Wildman–Crippen MR) is 154 cm³/mol. The Kier molecular flexibility index (Phi) is 10.4. The summed E-state index contributed by atoms with van der Waals surface area (Å²) in [7, 11) is -4.13. The average molecular weight is 621 g/mol. The van der Waals surface area contributed by atoms with E-state index in [9.17, 15) is 18.0 Å². The van der Waals surface area contributed by atoms with Gasteiger partial charge in [-0.25, -0.2) is 8.42 Å². The molecule has 1 N–H and O–H groups in total. The van der Waals surface area contributed by atoms with E-state index < -0.39 is 28.5 Å². The van der Waals surface area contributed by atoms with Gasteiger partial charge in [-0.3, -0.25) is 13.9 Å². The van der Waals surface area contributed by atoms with E-state index in [1.54, 1.807) is 37.3 Å². The third-order valence-corrected chi connectivity index (χ3v) is 8.35. The Morgan fingerprint density at radius 3 is 2.21 bits per heavy atom. The second-order valence-electron chi connectivity index (χ2n) is 9.27. The van der Waals surface area contributed by atoms with Crippen molar-refractivity contribution in [1.29, 1.82) is 0 Å². The molecule has 0 radical (unpaired) electrons. The van der Waals surface area contributed by atoms with Crippen molar-refractivity contribution in [1.82, 2.24) is 10.2 Å². The summed E-state index contributed by atoms with van der Waals surface area (Å²) < 4.78 is 29.3. The highest BCUT2D eigenvalue weighted by atomic mass is 79.9. The van der Waals surface area contributed by atoms with Crippen molar-refractivity contribution in [2.24, 2.45) is 5.92 Å². The molecule has 3 aromatic carbocycles. The molecule has 0 saturated heterocycles. The van der Waals surface area contributed by atoms with Crippen molar-refractivity contribution in [3.05, 3.63) is 93.9 Å². The number of nitrogens with one attached hydrogen (secondary N) is 1. The molecule has 0 bridgehead atoms. The van der Waals surface area contributed by atoms with E-state index in [1.807, 2.05) is 38.1 Å². The Bertz CT molecular complexity index is 1350. The Morgan fingerprint density at radius 2 is 1.61 bits per heavy atom. The van der Waals surface area contributed by atoms with Gasteiger partial charge < -0.3 is 10.2 Å². The molecule has 38 heavy (non-hydrogen) atoms. The number of anilines is 1. The van der Waals surface area contributed by atoms with Crippen LogP contribution in [0.15, 0.2) is 88.2 Å². The number of amides is 2. The van der Waals surface area contributed by atoms with Crippen LogP contribution in [-0.4, -0.2) is 44.3 Å². The van der Waals surface area contributed by atoms with Crippen LogP contribution in [0.4, 0.5) is 5.69 Å². The molecular weight excluding hydrogens is 590 g/mol. The van der Waals surface area contributed by atoms with Gasteiger partial charge in [-0.1, -0.05) is 71.7 Å². The number of sulfonamides is 1. The molecule has 0 aliphatic carbocycles. The van der Waals surface area contributed by atoms with E-state index in [4.69, 9.17) is 11.6 Å². The molecule has 3 aromatic rings. The van der Waals surface area contributed by atoms with E-state index in [0.717, 1.165) is 14.3 Å². The zero-order valence-corrected chi connectivity index (χ0v) is 24.6. The van der Waals surface area contributed by atoms with Gasteiger partial charge in [0.15, 0.2) is 0 Å². The summed E-state index contributed by atoms with van der Waals surface area (Å²) in [5.74, 6) is -0.592. The molecular formula is C28H31BrClN3O4S. The number of para-hydroxylation sites is 1. The van der Waals surface area contributed by atoms with E-state index in [0.29, 0.717) is 17.3 Å². The molecule has 7 nitrogen and oxygen atoms in total. The molecule has 10 heteroatoms. The van der Waals surface area contributed by atoms with Gasteiger partial charge in [0, 0.05) is 22.6 Å². The van der Waals surface area contributed by atoms with Crippen molar-refractivity contribution in [3.63, 3.8) is 0 Å². The SMILES string of the molecule is CC(C)CNC(=O)C(C)N(Cc1cccc(Br)c1)C(=O)CN(c1ccccc1)S(=O)(=O)c1ccc(Cl)cc1. The number of hydrogen-bond donors (Lipinski definition) is 1. The molecule has 3 rings (SSSR count). The Morgan fingerprint density at radius 1 is 0.947 bits per heavy atom. The molecule has 0 spiro atoms. The van der Waals surface area contributed by atoms with Crippen molar-refractivity contribution in [2.45, 2.75) is 38.3 Å². The van der Waals surface area contributed by atoms with Crippen LogP contribution in [0.1, 0.15) is 26.3 Å². The molecule has 0 aliphatic rings. The second-order valence-corrected chi connectivity index (χ2v) is 12.5. The summed E-state index contributed by atoms with van der Waals surface area (Å²) in [6, 6.07) is 20.8. The number of carbonyl (C=O) groups is 2. The molecule has 0 saturated carbocycles. The fraction of sp³-hybridized carbons (Fsp3) is 0.286. The first kappa shape index (κ1) is 29.7. The fourth-order valence-electron chi connectivity index (χ4n) is 3.72. The first-order chi connectivity index (χ1) is 18.0. The molecule has 202 valence electrons. The van der Waals surface area contributed by atoms with Gasteiger partial charge in [0.2, 0.25) is 11.8 Å². The summed E-state index contributed by atoms with van der Waals surface area (Å²) in [6.07, 6.45) is 0. The maximum atomic E-state index is 13.8. The number of carbonyl (C=O) groups excluding carboxylic acids is 2. The monoisotopic (exact) mass is 619 g/mol. The maximum Gasteiger partial charge on any atom is 0.264 e. The van der Waals surface area contributed by atoms with Crippen LogP contribution in [-0.2, 0) is 26.2 Å². The van der Waals surface area contributed by atoms with Gasteiger partial charge in [-0.15, -0.1) is 0 Å². The molecule has 0 fully saturated rings. The zero-order chi connectivity index (χ0) is 27.9. The van der Waals surface area contributed by atoms with E-state index in [2.05, 4.69) is 21.2 Å². The van der Waals surface area contributed by atoms with Crippen molar-refractivity contribution in [2.75, 3.05) is 17.4 Å². The maximum absolute atomic E-state index is 13.8. The highest BCUT2D eigenvalue weighted by Gasteiger charge is 2.32.